The van der Waals surface area contributed by atoms with Gasteiger partial charge in [0, 0.05) is 29.6 Å². The molecule has 0 aliphatic heterocycles. The molecule has 1 aliphatic carbocycles. The largest absolute Gasteiger partial charge is 0.309 e. The Morgan fingerprint density at radius 1 is 1.42 bits per heavy atom. The number of hydrogen-bond acceptors (Lipinski definition) is 3. The monoisotopic (exact) mass is 281 g/mol. The molecule has 2 rings (SSSR count). The van der Waals surface area contributed by atoms with Gasteiger partial charge in [-0.1, -0.05) is 13.3 Å². The normalized spacial score (nSPS) is 24.0. The number of nitrogens with one attached hydrogen (secondary N) is 1. The summed E-state index contributed by atoms with van der Waals surface area (Å²) in [6.45, 7) is 9.75. The Balaban J connectivity index is 1.87. The smallest absolute Gasteiger partial charge is 0.0543 e. The first kappa shape index (κ1) is 14.9. The second-order valence-corrected chi connectivity index (χ2v) is 7.89. The van der Waals surface area contributed by atoms with Crippen molar-refractivity contribution in [3.8, 4) is 0 Å². The summed E-state index contributed by atoms with van der Waals surface area (Å²) in [6, 6.07) is 0.683. The first-order chi connectivity index (χ1) is 9.00. The first-order valence-electron chi connectivity index (χ1n) is 7.39. The maximum atomic E-state index is 4.46. The van der Waals surface area contributed by atoms with Gasteiger partial charge in [-0.3, -0.25) is 4.68 Å². The van der Waals surface area contributed by atoms with Gasteiger partial charge in [-0.25, -0.2) is 0 Å². The molecule has 0 aromatic carbocycles. The van der Waals surface area contributed by atoms with E-state index >= 15 is 0 Å². The van der Waals surface area contributed by atoms with E-state index in [0.29, 0.717) is 6.04 Å². The van der Waals surface area contributed by atoms with Crippen LogP contribution >= 0.6 is 11.8 Å². The topological polar surface area (TPSA) is 29.9 Å². The number of thioether (sulfide) groups is 1. The zero-order chi connectivity index (χ0) is 13.9. The van der Waals surface area contributed by atoms with Gasteiger partial charge in [0.1, 0.15) is 0 Å². The summed E-state index contributed by atoms with van der Waals surface area (Å²) in [5.41, 5.74) is 1.37. The molecule has 0 spiro atoms. The Hall–Kier alpha value is -0.480. The number of aromatic nitrogens is 2. The van der Waals surface area contributed by atoms with Crippen LogP contribution < -0.4 is 5.32 Å². The van der Waals surface area contributed by atoms with Crippen LogP contribution in [0.1, 0.15) is 52.5 Å². The van der Waals surface area contributed by atoms with E-state index in [4.69, 9.17) is 0 Å². The minimum Gasteiger partial charge on any atom is -0.309 e. The predicted octanol–water partition coefficient (Wildman–Crippen LogP) is 3.40. The van der Waals surface area contributed by atoms with E-state index in [-0.39, 0.29) is 5.54 Å². The highest BCUT2D eigenvalue weighted by Gasteiger charge is 2.26. The van der Waals surface area contributed by atoms with Crippen LogP contribution in [0.4, 0.5) is 0 Å². The van der Waals surface area contributed by atoms with Gasteiger partial charge >= 0.3 is 0 Å². The van der Waals surface area contributed by atoms with Gasteiger partial charge in [-0.15, -0.1) is 0 Å². The highest BCUT2D eigenvalue weighted by molar-refractivity contribution is 7.99. The molecule has 4 heteroatoms. The lowest BCUT2D eigenvalue weighted by molar-refractivity contribution is 0.355. The zero-order valence-corrected chi connectivity index (χ0v) is 13.5. The fourth-order valence-electron chi connectivity index (χ4n) is 2.64. The van der Waals surface area contributed by atoms with Gasteiger partial charge in [-0.05, 0) is 39.4 Å². The lowest BCUT2D eigenvalue weighted by Gasteiger charge is -2.20. The second kappa shape index (κ2) is 6.31. The predicted molar refractivity (Wildman–Crippen MR) is 83.6 cm³/mol. The van der Waals surface area contributed by atoms with Gasteiger partial charge in [0.25, 0.3) is 0 Å². The number of hydrogen-bond donors (Lipinski definition) is 1. The molecule has 1 N–H and O–H groups in total. The highest BCUT2D eigenvalue weighted by atomic mass is 32.2. The molecular formula is C15H27N3S. The summed E-state index contributed by atoms with van der Waals surface area (Å²) in [6.07, 6.45) is 8.23. The second-order valence-electron chi connectivity index (χ2n) is 6.38. The van der Waals surface area contributed by atoms with Crippen LogP contribution in [0.3, 0.4) is 0 Å². The summed E-state index contributed by atoms with van der Waals surface area (Å²) in [5.74, 6) is 1.23. The molecule has 1 fully saturated rings. The SMILES string of the molecule is CCSC1CCCC1NCc1cnn(C(C)(C)C)c1. The van der Waals surface area contributed by atoms with Crippen molar-refractivity contribution in [3.05, 3.63) is 18.0 Å². The van der Waals surface area contributed by atoms with E-state index < -0.39 is 0 Å². The summed E-state index contributed by atoms with van der Waals surface area (Å²) in [4.78, 5) is 0. The van der Waals surface area contributed by atoms with Gasteiger partial charge in [0.05, 0.1) is 11.7 Å². The Morgan fingerprint density at radius 2 is 2.21 bits per heavy atom. The van der Waals surface area contributed by atoms with Gasteiger partial charge < -0.3 is 5.32 Å². The average molecular weight is 281 g/mol. The molecule has 3 nitrogen and oxygen atoms in total. The molecular weight excluding hydrogens is 254 g/mol. The zero-order valence-electron chi connectivity index (χ0n) is 12.6. The van der Waals surface area contributed by atoms with E-state index in [9.17, 15) is 0 Å². The van der Waals surface area contributed by atoms with Gasteiger partial charge in [0.15, 0.2) is 0 Å². The third-order valence-corrected chi connectivity index (χ3v) is 5.05. The third-order valence-electron chi connectivity index (χ3n) is 3.73. The van der Waals surface area contributed by atoms with Crippen molar-refractivity contribution in [1.82, 2.24) is 15.1 Å². The standard InChI is InChI=1S/C15H27N3S/c1-5-19-14-8-6-7-13(14)16-9-12-10-17-18(11-12)15(2,3)4/h10-11,13-14,16H,5-9H2,1-4H3. The summed E-state index contributed by atoms with van der Waals surface area (Å²) >= 11 is 2.11. The maximum Gasteiger partial charge on any atom is 0.0543 e. The van der Waals surface area contributed by atoms with Crippen molar-refractivity contribution < 1.29 is 0 Å². The minimum absolute atomic E-state index is 0.0756. The number of nitrogens with zero attached hydrogens (tertiary/aromatic N) is 2. The molecule has 2 atom stereocenters. The molecule has 1 aromatic rings. The van der Waals surface area contributed by atoms with Crippen molar-refractivity contribution in [2.24, 2.45) is 0 Å². The molecule has 1 heterocycles. The van der Waals surface area contributed by atoms with Crippen LogP contribution in [0.25, 0.3) is 0 Å². The van der Waals surface area contributed by atoms with E-state index in [1.807, 2.05) is 6.20 Å². The average Bonchev–Trinajstić information content (AvgIpc) is 2.94. The van der Waals surface area contributed by atoms with Crippen LogP contribution in [0, 0.1) is 0 Å². The fourth-order valence-corrected chi connectivity index (χ4v) is 3.87. The Morgan fingerprint density at radius 3 is 2.84 bits per heavy atom. The lowest BCUT2D eigenvalue weighted by Crippen LogP contribution is -2.33. The molecule has 19 heavy (non-hydrogen) atoms. The Kier molecular flexibility index (Phi) is 4.96. The van der Waals surface area contributed by atoms with Crippen molar-refractivity contribution >= 4 is 11.8 Å². The molecule has 1 saturated carbocycles. The van der Waals surface area contributed by atoms with Crippen LogP contribution in [0.15, 0.2) is 12.4 Å². The molecule has 1 aliphatic rings. The molecule has 0 saturated heterocycles. The van der Waals surface area contributed by atoms with Crippen molar-refractivity contribution in [2.45, 2.75) is 70.3 Å². The van der Waals surface area contributed by atoms with E-state index in [1.54, 1.807) is 0 Å². The Labute approximate surface area is 121 Å². The van der Waals surface area contributed by atoms with Crippen molar-refractivity contribution in [1.29, 1.82) is 0 Å². The fraction of sp³-hybridized carbons (Fsp3) is 0.800. The minimum atomic E-state index is 0.0756. The van der Waals surface area contributed by atoms with E-state index in [0.717, 1.165) is 11.8 Å². The first-order valence-corrected chi connectivity index (χ1v) is 8.44. The van der Waals surface area contributed by atoms with Gasteiger partial charge in [0.2, 0.25) is 0 Å². The highest BCUT2D eigenvalue weighted by Crippen LogP contribution is 2.30. The molecule has 0 amide bonds. The molecule has 1 aromatic heterocycles. The quantitative estimate of drug-likeness (QED) is 0.897. The molecule has 2 unspecified atom stereocenters. The summed E-state index contributed by atoms with van der Waals surface area (Å²) in [7, 11) is 0. The lowest BCUT2D eigenvalue weighted by atomic mass is 10.1. The van der Waals surface area contributed by atoms with Crippen molar-refractivity contribution in [2.75, 3.05) is 5.75 Å². The molecule has 0 radical (unpaired) electrons. The van der Waals surface area contributed by atoms with E-state index in [2.05, 4.69) is 60.8 Å². The van der Waals surface area contributed by atoms with Crippen molar-refractivity contribution in [3.63, 3.8) is 0 Å². The van der Waals surface area contributed by atoms with Crippen LogP contribution in [-0.2, 0) is 12.1 Å². The summed E-state index contributed by atoms with van der Waals surface area (Å²) < 4.78 is 2.05. The number of rotatable bonds is 5. The Bertz CT molecular complexity index is 394. The third kappa shape index (κ3) is 3.99. The van der Waals surface area contributed by atoms with Crippen LogP contribution in [0.2, 0.25) is 0 Å². The summed E-state index contributed by atoms with van der Waals surface area (Å²) in [5, 5.41) is 8.99. The van der Waals surface area contributed by atoms with E-state index in [1.165, 1.54) is 30.6 Å². The van der Waals surface area contributed by atoms with Gasteiger partial charge in [-0.2, -0.15) is 16.9 Å². The molecule has 108 valence electrons. The van der Waals surface area contributed by atoms with Crippen LogP contribution in [0.5, 0.6) is 0 Å². The molecule has 0 bridgehead atoms. The maximum absolute atomic E-state index is 4.46. The van der Waals surface area contributed by atoms with Crippen LogP contribution in [-0.4, -0.2) is 26.8 Å².